The summed E-state index contributed by atoms with van der Waals surface area (Å²) in [7, 11) is 0. The zero-order valence-corrected chi connectivity index (χ0v) is 11.5. The van der Waals surface area contributed by atoms with E-state index in [0.29, 0.717) is 23.6 Å². The van der Waals surface area contributed by atoms with E-state index < -0.39 is 5.97 Å². The molecule has 7 nitrogen and oxygen atoms in total. The lowest BCUT2D eigenvalue weighted by Crippen LogP contribution is -2.13. The standard InChI is InChI=1S/C13H15N5O2/c1-7-8(2)17-18-12(11(7)13(19)20)15-6-10-4-5-14-9(3)16-10/h4-5H,6H2,1-3H3,(H,15,18)(H,19,20). The molecule has 0 atom stereocenters. The van der Waals surface area contributed by atoms with E-state index in [1.54, 1.807) is 33.0 Å². The van der Waals surface area contributed by atoms with E-state index in [2.05, 4.69) is 25.5 Å². The van der Waals surface area contributed by atoms with Crippen molar-refractivity contribution in [3.63, 3.8) is 0 Å². The van der Waals surface area contributed by atoms with Crippen molar-refractivity contribution in [2.45, 2.75) is 27.3 Å². The molecule has 0 amide bonds. The van der Waals surface area contributed by atoms with Gasteiger partial charge in [-0.3, -0.25) is 0 Å². The Hall–Kier alpha value is -2.57. The molecule has 2 heterocycles. The summed E-state index contributed by atoms with van der Waals surface area (Å²) in [6.07, 6.45) is 1.66. The van der Waals surface area contributed by atoms with Crippen molar-refractivity contribution in [2.75, 3.05) is 5.32 Å². The van der Waals surface area contributed by atoms with Gasteiger partial charge in [-0.15, -0.1) is 5.10 Å². The summed E-state index contributed by atoms with van der Waals surface area (Å²) in [6, 6.07) is 1.76. The van der Waals surface area contributed by atoms with Gasteiger partial charge in [-0.05, 0) is 32.4 Å². The first-order chi connectivity index (χ1) is 9.49. The van der Waals surface area contributed by atoms with Crippen molar-refractivity contribution >= 4 is 11.8 Å². The number of nitrogens with zero attached hydrogens (tertiary/aromatic N) is 4. The van der Waals surface area contributed by atoms with Crippen LogP contribution < -0.4 is 5.32 Å². The van der Waals surface area contributed by atoms with Gasteiger partial charge < -0.3 is 10.4 Å². The van der Waals surface area contributed by atoms with Crippen molar-refractivity contribution in [3.05, 3.63) is 40.6 Å². The lowest BCUT2D eigenvalue weighted by Gasteiger charge is -2.11. The normalized spacial score (nSPS) is 10.3. The molecule has 2 rings (SSSR count). The Kier molecular flexibility index (Phi) is 3.88. The molecule has 2 N–H and O–H groups in total. The predicted octanol–water partition coefficient (Wildman–Crippen LogP) is 1.50. The summed E-state index contributed by atoms with van der Waals surface area (Å²) >= 11 is 0. The minimum absolute atomic E-state index is 0.142. The van der Waals surface area contributed by atoms with Gasteiger partial charge in [-0.2, -0.15) is 5.10 Å². The largest absolute Gasteiger partial charge is 0.478 e. The molecule has 0 aliphatic carbocycles. The Labute approximate surface area is 116 Å². The average molecular weight is 273 g/mol. The Morgan fingerprint density at radius 1 is 1.30 bits per heavy atom. The quantitative estimate of drug-likeness (QED) is 0.870. The number of rotatable bonds is 4. The summed E-state index contributed by atoms with van der Waals surface area (Å²) in [6.45, 7) is 5.60. The minimum atomic E-state index is -1.03. The average Bonchev–Trinajstić information content (AvgIpc) is 2.39. The third kappa shape index (κ3) is 2.87. The van der Waals surface area contributed by atoms with Crippen LogP contribution in [-0.4, -0.2) is 31.2 Å². The highest BCUT2D eigenvalue weighted by Crippen LogP contribution is 2.18. The number of aryl methyl sites for hydroxylation is 2. The molecular formula is C13H15N5O2. The van der Waals surface area contributed by atoms with E-state index in [9.17, 15) is 9.90 Å². The molecule has 20 heavy (non-hydrogen) atoms. The molecule has 0 fully saturated rings. The molecule has 0 radical (unpaired) electrons. The van der Waals surface area contributed by atoms with Crippen LogP contribution in [0.3, 0.4) is 0 Å². The minimum Gasteiger partial charge on any atom is -0.478 e. The molecule has 0 bridgehead atoms. The van der Waals surface area contributed by atoms with Crippen LogP contribution in [0.5, 0.6) is 0 Å². The maximum absolute atomic E-state index is 11.3. The number of carbonyl (C=O) groups is 1. The van der Waals surface area contributed by atoms with Crippen LogP contribution in [0.25, 0.3) is 0 Å². The summed E-state index contributed by atoms with van der Waals surface area (Å²) in [5.74, 6) is -0.118. The molecule has 7 heteroatoms. The first-order valence-electron chi connectivity index (χ1n) is 6.08. The van der Waals surface area contributed by atoms with Crippen LogP contribution in [-0.2, 0) is 6.54 Å². The molecule has 0 aliphatic heterocycles. The number of aromatic carboxylic acids is 1. The fourth-order valence-corrected chi connectivity index (χ4v) is 1.77. The van der Waals surface area contributed by atoms with Gasteiger partial charge in [-0.25, -0.2) is 14.8 Å². The van der Waals surface area contributed by atoms with Gasteiger partial charge in [0.1, 0.15) is 11.4 Å². The van der Waals surface area contributed by atoms with E-state index in [-0.39, 0.29) is 11.4 Å². The Morgan fingerprint density at radius 3 is 2.70 bits per heavy atom. The molecule has 0 aliphatic rings. The first-order valence-corrected chi connectivity index (χ1v) is 6.08. The zero-order chi connectivity index (χ0) is 14.7. The highest BCUT2D eigenvalue weighted by molar-refractivity contribution is 5.94. The number of hydrogen-bond acceptors (Lipinski definition) is 6. The molecule has 0 spiro atoms. The van der Waals surface area contributed by atoms with Gasteiger partial charge in [-0.1, -0.05) is 0 Å². The van der Waals surface area contributed by atoms with Crippen LogP contribution in [0.1, 0.15) is 33.1 Å². The van der Waals surface area contributed by atoms with Crippen molar-refractivity contribution in [1.82, 2.24) is 20.2 Å². The highest BCUT2D eigenvalue weighted by Gasteiger charge is 2.17. The van der Waals surface area contributed by atoms with Gasteiger partial charge in [0.05, 0.1) is 17.9 Å². The SMILES string of the molecule is Cc1nccc(CNc2nnc(C)c(C)c2C(=O)O)n1. The summed E-state index contributed by atoms with van der Waals surface area (Å²) < 4.78 is 0. The van der Waals surface area contributed by atoms with E-state index >= 15 is 0 Å². The second kappa shape index (κ2) is 5.60. The lowest BCUT2D eigenvalue weighted by atomic mass is 10.1. The van der Waals surface area contributed by atoms with Gasteiger partial charge in [0.15, 0.2) is 5.82 Å². The van der Waals surface area contributed by atoms with Crippen LogP contribution in [0.4, 0.5) is 5.82 Å². The zero-order valence-electron chi connectivity index (χ0n) is 11.5. The summed E-state index contributed by atoms with van der Waals surface area (Å²) in [5, 5.41) is 20.1. The number of carboxylic acid groups (broad SMARTS) is 1. The van der Waals surface area contributed by atoms with Crippen LogP contribution >= 0.6 is 0 Å². The van der Waals surface area contributed by atoms with Crippen molar-refractivity contribution < 1.29 is 9.90 Å². The molecule has 104 valence electrons. The van der Waals surface area contributed by atoms with Crippen molar-refractivity contribution in [2.24, 2.45) is 0 Å². The van der Waals surface area contributed by atoms with Gasteiger partial charge in [0.2, 0.25) is 0 Å². The number of carboxylic acids is 1. The van der Waals surface area contributed by atoms with Crippen LogP contribution in [0.15, 0.2) is 12.3 Å². The third-order valence-electron chi connectivity index (χ3n) is 2.94. The predicted molar refractivity (Wildman–Crippen MR) is 72.6 cm³/mol. The van der Waals surface area contributed by atoms with Gasteiger partial charge in [0.25, 0.3) is 0 Å². The topological polar surface area (TPSA) is 101 Å². The molecule has 2 aromatic rings. The Bertz CT molecular complexity index is 657. The maximum Gasteiger partial charge on any atom is 0.339 e. The summed E-state index contributed by atoms with van der Waals surface area (Å²) in [4.78, 5) is 19.6. The second-order valence-corrected chi connectivity index (χ2v) is 4.39. The highest BCUT2D eigenvalue weighted by atomic mass is 16.4. The maximum atomic E-state index is 11.3. The van der Waals surface area contributed by atoms with Crippen molar-refractivity contribution in [1.29, 1.82) is 0 Å². The Morgan fingerprint density at radius 2 is 2.05 bits per heavy atom. The number of nitrogens with one attached hydrogen (secondary N) is 1. The fraction of sp³-hybridized carbons (Fsp3) is 0.308. The fourth-order valence-electron chi connectivity index (χ4n) is 1.77. The monoisotopic (exact) mass is 273 g/mol. The first kappa shape index (κ1) is 13.9. The van der Waals surface area contributed by atoms with E-state index in [0.717, 1.165) is 5.69 Å². The van der Waals surface area contributed by atoms with Crippen molar-refractivity contribution in [3.8, 4) is 0 Å². The third-order valence-corrected chi connectivity index (χ3v) is 2.94. The molecule has 0 unspecified atom stereocenters. The molecule has 0 saturated carbocycles. The molecular weight excluding hydrogens is 258 g/mol. The smallest absolute Gasteiger partial charge is 0.339 e. The number of aromatic nitrogens is 4. The number of anilines is 1. The van der Waals surface area contributed by atoms with Crippen LogP contribution in [0, 0.1) is 20.8 Å². The number of hydrogen-bond donors (Lipinski definition) is 2. The van der Waals surface area contributed by atoms with E-state index in [4.69, 9.17) is 0 Å². The molecule has 0 saturated heterocycles. The molecule has 0 aromatic carbocycles. The molecule has 2 aromatic heterocycles. The van der Waals surface area contributed by atoms with Gasteiger partial charge in [0, 0.05) is 6.20 Å². The van der Waals surface area contributed by atoms with Crippen LogP contribution in [0.2, 0.25) is 0 Å². The summed E-state index contributed by atoms with van der Waals surface area (Å²) in [5.41, 5.74) is 2.11. The Balaban J connectivity index is 2.26. The second-order valence-electron chi connectivity index (χ2n) is 4.39. The lowest BCUT2D eigenvalue weighted by molar-refractivity contribution is 0.0696. The van der Waals surface area contributed by atoms with E-state index in [1.165, 1.54) is 0 Å². The van der Waals surface area contributed by atoms with Gasteiger partial charge >= 0.3 is 5.97 Å². The van der Waals surface area contributed by atoms with E-state index in [1.807, 2.05) is 0 Å².